The summed E-state index contributed by atoms with van der Waals surface area (Å²) in [5.74, 6) is 0.304. The van der Waals surface area contributed by atoms with Crippen molar-refractivity contribution in [3.8, 4) is 0 Å². The van der Waals surface area contributed by atoms with Crippen LogP contribution in [0.2, 0.25) is 0 Å². The molecule has 2 fully saturated rings. The normalized spacial score (nSPS) is 19.9. The van der Waals surface area contributed by atoms with Crippen LogP contribution in [0.4, 0.5) is 0 Å². The fourth-order valence-electron chi connectivity index (χ4n) is 4.62. The van der Waals surface area contributed by atoms with Crippen molar-refractivity contribution in [2.45, 2.75) is 43.7 Å². The molecule has 3 heterocycles. The molecule has 0 bridgehead atoms. The third-order valence-corrected chi connectivity index (χ3v) is 7.21. The molecule has 0 N–H and O–H groups in total. The number of amides is 1. The number of hydrogen-bond acceptors (Lipinski definition) is 4. The van der Waals surface area contributed by atoms with Crippen molar-refractivity contribution in [3.63, 3.8) is 0 Å². The number of nitrogens with zero attached hydrogens (tertiary/aromatic N) is 3. The summed E-state index contributed by atoms with van der Waals surface area (Å²) in [6, 6.07) is 12.8. The molecule has 28 heavy (non-hydrogen) atoms. The Labute approximate surface area is 172 Å². The van der Waals surface area contributed by atoms with E-state index in [1.54, 1.807) is 0 Å². The first-order chi connectivity index (χ1) is 13.7. The first kappa shape index (κ1) is 19.5. The molecule has 1 spiro atoms. The topological polar surface area (TPSA) is 36.4 Å². The van der Waals surface area contributed by atoms with Crippen molar-refractivity contribution in [3.05, 3.63) is 59.9 Å². The lowest BCUT2D eigenvalue weighted by Gasteiger charge is -2.47. The highest BCUT2D eigenvalue weighted by atomic mass is 32.2. The Bertz CT molecular complexity index is 803. The van der Waals surface area contributed by atoms with E-state index in [9.17, 15) is 4.79 Å². The molecule has 148 valence electrons. The lowest BCUT2D eigenvalue weighted by Crippen LogP contribution is -2.51. The molecule has 0 unspecified atom stereocenters. The van der Waals surface area contributed by atoms with Gasteiger partial charge in [0.05, 0.1) is 0 Å². The lowest BCUT2D eigenvalue weighted by molar-refractivity contribution is -0.140. The monoisotopic (exact) mass is 395 g/mol. The number of carbonyl (C=O) groups is 1. The van der Waals surface area contributed by atoms with E-state index in [0.717, 1.165) is 32.6 Å². The summed E-state index contributed by atoms with van der Waals surface area (Å²) >= 11 is 1.83. The molecule has 0 saturated carbocycles. The summed E-state index contributed by atoms with van der Waals surface area (Å²) in [5.41, 5.74) is 2.91. The smallest absolute Gasteiger partial charge is 0.222 e. The highest BCUT2D eigenvalue weighted by Crippen LogP contribution is 2.41. The maximum absolute atomic E-state index is 12.5. The zero-order chi connectivity index (χ0) is 19.4. The third kappa shape index (κ3) is 4.41. The van der Waals surface area contributed by atoms with Crippen molar-refractivity contribution in [2.24, 2.45) is 5.41 Å². The molecule has 2 aliphatic rings. The highest BCUT2D eigenvalue weighted by molar-refractivity contribution is 7.98. The van der Waals surface area contributed by atoms with E-state index in [4.69, 9.17) is 0 Å². The maximum atomic E-state index is 12.5. The molecular formula is C23H29N3OS. The van der Waals surface area contributed by atoms with Gasteiger partial charge in [-0.05, 0) is 73.3 Å². The molecule has 2 saturated heterocycles. The number of benzene rings is 1. The van der Waals surface area contributed by atoms with Gasteiger partial charge in [0, 0.05) is 43.3 Å². The second-order valence-corrected chi connectivity index (χ2v) is 9.04. The number of likely N-dealkylation sites (tertiary alicyclic amines) is 2. The second-order valence-electron chi connectivity index (χ2n) is 8.19. The average molecular weight is 396 g/mol. The molecular weight excluding hydrogens is 366 g/mol. The van der Waals surface area contributed by atoms with Gasteiger partial charge in [0.2, 0.25) is 5.91 Å². The number of carbonyl (C=O) groups excluding carboxylic acids is 1. The third-order valence-electron chi connectivity index (χ3n) is 6.37. The Kier molecular flexibility index (Phi) is 6.02. The van der Waals surface area contributed by atoms with Gasteiger partial charge in [-0.1, -0.05) is 18.2 Å². The van der Waals surface area contributed by atoms with E-state index >= 15 is 0 Å². The van der Waals surface area contributed by atoms with Gasteiger partial charge >= 0.3 is 0 Å². The summed E-state index contributed by atoms with van der Waals surface area (Å²) < 4.78 is 0. The molecule has 4 nitrogen and oxygen atoms in total. The van der Waals surface area contributed by atoms with Crippen molar-refractivity contribution in [1.82, 2.24) is 14.8 Å². The van der Waals surface area contributed by atoms with Gasteiger partial charge in [-0.3, -0.25) is 14.7 Å². The summed E-state index contributed by atoms with van der Waals surface area (Å²) in [4.78, 5) is 22.6. The van der Waals surface area contributed by atoms with Crippen LogP contribution in [-0.4, -0.2) is 46.6 Å². The Morgan fingerprint density at radius 3 is 2.54 bits per heavy atom. The molecule has 2 aliphatic heterocycles. The van der Waals surface area contributed by atoms with Crippen LogP contribution >= 0.6 is 11.8 Å². The summed E-state index contributed by atoms with van der Waals surface area (Å²) in [7, 11) is 0. The second kappa shape index (κ2) is 8.66. The van der Waals surface area contributed by atoms with Gasteiger partial charge in [-0.2, -0.15) is 0 Å². The Morgan fingerprint density at radius 2 is 1.79 bits per heavy atom. The Balaban J connectivity index is 1.37. The lowest BCUT2D eigenvalue weighted by atomic mass is 9.72. The predicted molar refractivity (Wildman–Crippen MR) is 114 cm³/mol. The van der Waals surface area contributed by atoms with Crippen LogP contribution in [0.15, 0.2) is 53.7 Å². The molecule has 5 heteroatoms. The van der Waals surface area contributed by atoms with E-state index in [1.165, 1.54) is 28.9 Å². The highest BCUT2D eigenvalue weighted by Gasteiger charge is 2.40. The maximum Gasteiger partial charge on any atom is 0.222 e. The van der Waals surface area contributed by atoms with Crippen molar-refractivity contribution in [1.29, 1.82) is 0 Å². The van der Waals surface area contributed by atoms with Crippen LogP contribution in [0.1, 0.15) is 36.8 Å². The van der Waals surface area contributed by atoms with Gasteiger partial charge in [0.1, 0.15) is 0 Å². The molecule has 2 aromatic rings. The van der Waals surface area contributed by atoms with Crippen molar-refractivity contribution >= 4 is 17.7 Å². The molecule has 1 amide bonds. The van der Waals surface area contributed by atoms with E-state index < -0.39 is 0 Å². The first-order valence-electron chi connectivity index (χ1n) is 10.2. The van der Waals surface area contributed by atoms with Crippen LogP contribution in [0, 0.1) is 5.41 Å². The number of thioether (sulfide) groups is 1. The standard InChI is InChI=1S/C23H29N3OS/c1-28-21-5-3-2-4-20(21)17-25-14-10-23(11-15-25)9-6-22(27)26(18-23)16-19-7-12-24-13-8-19/h2-5,7-8,12-13H,6,9-11,14-18H2,1H3. The number of piperidine rings is 2. The quantitative estimate of drug-likeness (QED) is 0.711. The summed E-state index contributed by atoms with van der Waals surface area (Å²) in [5, 5.41) is 0. The molecule has 0 aliphatic carbocycles. The van der Waals surface area contributed by atoms with Crippen LogP contribution in [-0.2, 0) is 17.9 Å². The van der Waals surface area contributed by atoms with Crippen LogP contribution in [0.25, 0.3) is 0 Å². The van der Waals surface area contributed by atoms with Crippen LogP contribution in [0.5, 0.6) is 0 Å². The molecule has 0 radical (unpaired) electrons. The fraction of sp³-hybridized carbons (Fsp3) is 0.478. The largest absolute Gasteiger partial charge is 0.338 e. The van der Waals surface area contributed by atoms with Gasteiger partial charge in [0.25, 0.3) is 0 Å². The molecule has 1 aromatic heterocycles. The van der Waals surface area contributed by atoms with Gasteiger partial charge in [-0.25, -0.2) is 0 Å². The minimum Gasteiger partial charge on any atom is -0.338 e. The van der Waals surface area contributed by atoms with E-state index in [1.807, 2.05) is 36.3 Å². The van der Waals surface area contributed by atoms with Crippen LogP contribution < -0.4 is 0 Å². The number of pyridine rings is 1. The number of aromatic nitrogens is 1. The van der Waals surface area contributed by atoms with Crippen molar-refractivity contribution in [2.75, 3.05) is 25.9 Å². The predicted octanol–water partition coefficient (Wildman–Crippen LogP) is 4.21. The van der Waals surface area contributed by atoms with Gasteiger partial charge in [-0.15, -0.1) is 11.8 Å². The van der Waals surface area contributed by atoms with Crippen LogP contribution in [0.3, 0.4) is 0 Å². The fourth-order valence-corrected chi connectivity index (χ4v) is 5.23. The summed E-state index contributed by atoms with van der Waals surface area (Å²) in [6.07, 6.45) is 9.90. The van der Waals surface area contributed by atoms with E-state index in [2.05, 4.69) is 45.3 Å². The van der Waals surface area contributed by atoms with E-state index in [0.29, 0.717) is 24.3 Å². The summed E-state index contributed by atoms with van der Waals surface area (Å²) in [6.45, 7) is 4.91. The van der Waals surface area contributed by atoms with Crippen molar-refractivity contribution < 1.29 is 4.79 Å². The molecule has 1 aromatic carbocycles. The SMILES string of the molecule is CSc1ccccc1CN1CCC2(CCC(=O)N(Cc3ccncc3)C2)CC1. The zero-order valence-electron chi connectivity index (χ0n) is 16.6. The van der Waals surface area contributed by atoms with E-state index in [-0.39, 0.29) is 0 Å². The Hall–Kier alpha value is -1.85. The minimum atomic E-state index is 0.302. The zero-order valence-corrected chi connectivity index (χ0v) is 17.5. The number of rotatable bonds is 5. The minimum absolute atomic E-state index is 0.302. The van der Waals surface area contributed by atoms with Gasteiger partial charge < -0.3 is 4.90 Å². The van der Waals surface area contributed by atoms with Gasteiger partial charge in [0.15, 0.2) is 0 Å². The number of hydrogen-bond donors (Lipinski definition) is 0. The molecule has 0 atom stereocenters. The molecule has 4 rings (SSSR count). The Morgan fingerprint density at radius 1 is 1.04 bits per heavy atom. The first-order valence-corrected chi connectivity index (χ1v) is 11.4. The average Bonchev–Trinajstić information content (AvgIpc) is 2.74.